The van der Waals surface area contributed by atoms with Crippen LogP contribution in [0.2, 0.25) is 0 Å². The largest absolute Gasteiger partial charge is 0.492 e. The van der Waals surface area contributed by atoms with Gasteiger partial charge in [-0.05, 0) is 24.6 Å². The first-order chi connectivity index (χ1) is 15.9. The number of aromatic nitrogens is 3. The monoisotopic (exact) mass is 468 g/mol. The molecule has 0 bridgehead atoms. The summed E-state index contributed by atoms with van der Waals surface area (Å²) < 4.78 is 6.64. The normalized spacial score (nSPS) is 15.7. The molecule has 1 atom stereocenters. The van der Waals surface area contributed by atoms with Crippen molar-refractivity contribution in [2.75, 3.05) is 26.2 Å². The summed E-state index contributed by atoms with van der Waals surface area (Å²) in [7, 11) is 0. The summed E-state index contributed by atoms with van der Waals surface area (Å²) in [6.07, 6.45) is 1.47. The zero-order valence-electron chi connectivity index (χ0n) is 17.6. The molecule has 1 N–H and O–H groups in total. The van der Waals surface area contributed by atoms with E-state index in [9.17, 15) is 20.0 Å². The van der Waals surface area contributed by atoms with Crippen LogP contribution < -0.4 is 0 Å². The van der Waals surface area contributed by atoms with Gasteiger partial charge in [-0.1, -0.05) is 23.5 Å². The summed E-state index contributed by atoms with van der Waals surface area (Å²) in [5.74, 6) is 0.686. The fourth-order valence-corrected chi connectivity index (χ4v) is 5.23. The van der Waals surface area contributed by atoms with Gasteiger partial charge < -0.3 is 14.4 Å². The van der Waals surface area contributed by atoms with E-state index in [1.165, 1.54) is 34.2 Å². The van der Waals surface area contributed by atoms with Crippen LogP contribution in [0.1, 0.15) is 32.9 Å². The van der Waals surface area contributed by atoms with E-state index in [0.717, 1.165) is 5.56 Å². The zero-order valence-corrected chi connectivity index (χ0v) is 18.4. The number of piperazine rings is 1. The maximum atomic E-state index is 12.6. The lowest BCUT2D eigenvalue weighted by molar-refractivity contribution is -0.384. The fraction of sp³-hybridized carbons (Fsp3) is 0.286. The van der Waals surface area contributed by atoms with E-state index in [0.29, 0.717) is 47.6 Å². The fourth-order valence-electron chi connectivity index (χ4n) is 4.07. The molecule has 33 heavy (non-hydrogen) atoms. The van der Waals surface area contributed by atoms with Gasteiger partial charge in [0.2, 0.25) is 10.8 Å². The number of nitrogens with zero attached hydrogens (tertiary/aromatic N) is 6. The lowest BCUT2D eigenvalue weighted by Crippen LogP contribution is -2.49. The zero-order chi connectivity index (χ0) is 23.1. The molecule has 0 radical (unpaired) electrons. The first kappa shape index (κ1) is 21.1. The van der Waals surface area contributed by atoms with Gasteiger partial charge in [0.05, 0.1) is 22.1 Å². The van der Waals surface area contributed by atoms with E-state index >= 15 is 0 Å². The second kappa shape index (κ2) is 8.30. The molecule has 0 spiro atoms. The third-order valence-electron chi connectivity index (χ3n) is 5.67. The quantitative estimate of drug-likeness (QED) is 0.350. The van der Waals surface area contributed by atoms with Gasteiger partial charge in [-0.25, -0.2) is 4.98 Å². The number of hydrogen-bond acceptors (Lipinski definition) is 9. The van der Waals surface area contributed by atoms with E-state index in [2.05, 4.69) is 15.0 Å². The van der Waals surface area contributed by atoms with E-state index in [4.69, 9.17) is 4.42 Å². The number of aryl methyl sites for hydroxylation is 1. The van der Waals surface area contributed by atoms with E-state index in [1.807, 2.05) is 0 Å². The Morgan fingerprint density at radius 1 is 1.21 bits per heavy atom. The molecule has 1 fully saturated rings. The van der Waals surface area contributed by atoms with Crippen LogP contribution >= 0.6 is 11.3 Å². The number of carbonyl (C=O) groups excluding carboxylic acids is 1. The van der Waals surface area contributed by atoms with Crippen LogP contribution in [0.5, 0.6) is 5.88 Å². The molecule has 4 aromatic rings. The Morgan fingerprint density at radius 2 is 1.94 bits per heavy atom. The number of nitro groups is 1. The number of hydrogen-bond donors (Lipinski definition) is 1. The van der Waals surface area contributed by atoms with Gasteiger partial charge in [0, 0.05) is 38.3 Å². The molecule has 3 aromatic heterocycles. The van der Waals surface area contributed by atoms with Crippen molar-refractivity contribution >= 4 is 27.9 Å². The van der Waals surface area contributed by atoms with Crippen LogP contribution in [0.15, 0.2) is 47.1 Å². The average molecular weight is 468 g/mol. The van der Waals surface area contributed by atoms with Crippen LogP contribution in [-0.4, -0.2) is 66.5 Å². The minimum absolute atomic E-state index is 0.00569. The molecular weight excluding hydrogens is 448 g/mol. The Bertz CT molecular complexity index is 1310. The summed E-state index contributed by atoms with van der Waals surface area (Å²) in [6, 6.07) is 9.25. The number of aromatic hydroxyl groups is 1. The highest BCUT2D eigenvalue weighted by atomic mass is 32.1. The second-order valence-corrected chi connectivity index (χ2v) is 8.71. The molecule has 11 nitrogen and oxygen atoms in total. The molecule has 12 heteroatoms. The van der Waals surface area contributed by atoms with E-state index in [-0.39, 0.29) is 23.5 Å². The predicted molar refractivity (Wildman–Crippen MR) is 118 cm³/mol. The van der Waals surface area contributed by atoms with Gasteiger partial charge >= 0.3 is 0 Å². The number of benzene rings is 1. The highest BCUT2D eigenvalue weighted by Crippen LogP contribution is 2.40. The van der Waals surface area contributed by atoms with Gasteiger partial charge in [-0.15, -0.1) is 5.10 Å². The Balaban J connectivity index is 1.46. The minimum atomic E-state index is -0.443. The minimum Gasteiger partial charge on any atom is -0.492 e. The summed E-state index contributed by atoms with van der Waals surface area (Å²) in [6.45, 7) is 3.79. The van der Waals surface area contributed by atoms with Crippen molar-refractivity contribution in [3.63, 3.8) is 0 Å². The number of rotatable bonds is 5. The Morgan fingerprint density at radius 3 is 2.55 bits per heavy atom. The number of non-ortho nitro benzene ring substituents is 1. The number of furan rings is 1. The topological polar surface area (TPSA) is 130 Å². The third-order valence-corrected chi connectivity index (χ3v) is 6.74. The maximum Gasteiger partial charge on any atom is 0.289 e. The van der Waals surface area contributed by atoms with E-state index in [1.54, 1.807) is 36.1 Å². The van der Waals surface area contributed by atoms with Crippen molar-refractivity contribution < 1.29 is 19.2 Å². The van der Waals surface area contributed by atoms with Gasteiger partial charge in [-0.2, -0.15) is 4.52 Å². The highest BCUT2D eigenvalue weighted by molar-refractivity contribution is 7.17. The molecule has 170 valence electrons. The number of thiazole rings is 1. The molecule has 5 rings (SSSR count). The molecular formula is C21H20N6O5S. The van der Waals surface area contributed by atoms with Crippen LogP contribution in [0.4, 0.5) is 5.69 Å². The van der Waals surface area contributed by atoms with Crippen LogP contribution in [-0.2, 0) is 0 Å². The molecule has 0 saturated carbocycles. The van der Waals surface area contributed by atoms with Gasteiger partial charge in [0.25, 0.3) is 11.6 Å². The molecule has 1 saturated heterocycles. The maximum absolute atomic E-state index is 12.6. The Hall–Kier alpha value is -3.77. The van der Waals surface area contributed by atoms with Crippen molar-refractivity contribution in [2.24, 2.45) is 0 Å². The Labute approximate surface area is 191 Å². The number of amides is 1. The van der Waals surface area contributed by atoms with Gasteiger partial charge in [0.15, 0.2) is 5.76 Å². The summed E-state index contributed by atoms with van der Waals surface area (Å²) in [5, 5.41) is 26.3. The number of nitro benzene ring substituents is 1. The number of fused-ring (bicyclic) bond motifs is 1. The first-order valence-electron chi connectivity index (χ1n) is 10.3. The van der Waals surface area contributed by atoms with Crippen molar-refractivity contribution in [1.29, 1.82) is 0 Å². The SMILES string of the molecule is Cc1nc2sc([C@H](c3ccc([N+](=O)[O-])cc3)N3CCN(C(=O)c4ccco4)CC3)c(O)n2n1. The Kier molecular flexibility index (Phi) is 5.30. The summed E-state index contributed by atoms with van der Waals surface area (Å²) >= 11 is 1.33. The molecule has 1 aromatic carbocycles. The molecule has 1 aliphatic heterocycles. The summed E-state index contributed by atoms with van der Waals surface area (Å²) in [5.41, 5.74) is 0.789. The lowest BCUT2D eigenvalue weighted by atomic mass is 10.0. The van der Waals surface area contributed by atoms with Gasteiger partial charge in [0.1, 0.15) is 5.82 Å². The molecule has 0 unspecified atom stereocenters. The molecule has 0 aliphatic carbocycles. The second-order valence-electron chi connectivity index (χ2n) is 7.70. The van der Waals surface area contributed by atoms with Crippen LogP contribution in [0.25, 0.3) is 4.96 Å². The van der Waals surface area contributed by atoms with Crippen molar-refractivity contribution in [3.05, 3.63) is 74.8 Å². The summed E-state index contributed by atoms with van der Waals surface area (Å²) in [4.78, 5) is 32.7. The van der Waals surface area contributed by atoms with E-state index < -0.39 is 4.92 Å². The van der Waals surface area contributed by atoms with Crippen molar-refractivity contribution in [1.82, 2.24) is 24.4 Å². The van der Waals surface area contributed by atoms with Crippen molar-refractivity contribution in [3.8, 4) is 5.88 Å². The smallest absolute Gasteiger partial charge is 0.289 e. The third kappa shape index (κ3) is 3.83. The van der Waals surface area contributed by atoms with Crippen LogP contribution in [0.3, 0.4) is 0 Å². The predicted octanol–water partition coefficient (Wildman–Crippen LogP) is 2.85. The first-order valence-corrected chi connectivity index (χ1v) is 11.1. The molecule has 1 amide bonds. The molecule has 1 aliphatic rings. The van der Waals surface area contributed by atoms with Crippen molar-refractivity contribution in [2.45, 2.75) is 13.0 Å². The lowest BCUT2D eigenvalue weighted by Gasteiger charge is -2.38. The average Bonchev–Trinajstić information content (AvgIpc) is 3.54. The standard InChI is InChI=1S/C21H20N6O5S/c1-13-22-21-26(23-13)20(29)18(33-21)17(14-4-6-15(7-5-14)27(30)31)24-8-10-25(11-9-24)19(28)16-3-2-12-32-16/h2-7,12,17,29H,8-11H2,1H3/t17-/m0/s1. The highest BCUT2D eigenvalue weighted by Gasteiger charge is 2.33. The van der Waals surface area contributed by atoms with Gasteiger partial charge in [-0.3, -0.25) is 19.8 Å². The van der Waals surface area contributed by atoms with Crippen LogP contribution in [0, 0.1) is 17.0 Å². The number of carbonyl (C=O) groups is 1. The molecule has 4 heterocycles.